The van der Waals surface area contributed by atoms with Gasteiger partial charge in [0.2, 0.25) is 5.43 Å². The third kappa shape index (κ3) is 4.99. The van der Waals surface area contributed by atoms with Crippen molar-refractivity contribution < 1.29 is 23.4 Å². The Kier molecular flexibility index (Phi) is 6.98. The Morgan fingerprint density at radius 2 is 1.55 bits per heavy atom. The molecule has 8 nitrogen and oxygen atoms in total. The van der Waals surface area contributed by atoms with E-state index in [4.69, 9.17) is 14.2 Å². The van der Waals surface area contributed by atoms with Gasteiger partial charge in [-0.3, -0.25) is 14.6 Å². The molecule has 1 amide bonds. The van der Waals surface area contributed by atoms with Crippen LogP contribution in [-0.2, 0) is 0 Å². The minimum Gasteiger partial charge on any atom is -0.493 e. The van der Waals surface area contributed by atoms with Crippen molar-refractivity contribution >= 4 is 33.4 Å². The molecule has 0 aliphatic heterocycles. The number of carbonyl (C=O) groups is 1. The zero-order chi connectivity index (χ0) is 29.2. The van der Waals surface area contributed by atoms with Crippen molar-refractivity contribution in [2.24, 2.45) is 0 Å². The fraction of sp³-hybridized carbons (Fsp3) is 0.0606. The molecule has 9 heteroatoms. The molecule has 0 fully saturated rings. The van der Waals surface area contributed by atoms with Gasteiger partial charge in [-0.25, -0.2) is 4.39 Å². The predicted molar refractivity (Wildman–Crippen MR) is 159 cm³/mol. The van der Waals surface area contributed by atoms with Crippen molar-refractivity contribution in [3.05, 3.63) is 125 Å². The molecule has 0 aliphatic rings. The molecule has 0 saturated carbocycles. The Balaban J connectivity index is 1.27. The Morgan fingerprint density at radius 3 is 2.29 bits per heavy atom. The number of amides is 1. The zero-order valence-electron chi connectivity index (χ0n) is 22.6. The van der Waals surface area contributed by atoms with Gasteiger partial charge in [0.1, 0.15) is 22.9 Å². The summed E-state index contributed by atoms with van der Waals surface area (Å²) >= 11 is 0. The monoisotopic (exact) mass is 561 g/mol. The van der Waals surface area contributed by atoms with Crippen LogP contribution in [0.2, 0.25) is 0 Å². The number of halogens is 1. The van der Waals surface area contributed by atoms with Crippen molar-refractivity contribution in [2.45, 2.75) is 0 Å². The SMILES string of the molecule is COc1cc2nccc(Oc3ccc(NC(=O)c4cn(-c5ccc(F)cc5)c5ccccc5c4=O)cc3)c2cc1OC. The van der Waals surface area contributed by atoms with Crippen molar-refractivity contribution in [1.29, 1.82) is 0 Å². The van der Waals surface area contributed by atoms with Crippen molar-refractivity contribution in [2.75, 3.05) is 19.5 Å². The summed E-state index contributed by atoms with van der Waals surface area (Å²) in [6.07, 6.45) is 3.11. The maximum atomic E-state index is 13.6. The first kappa shape index (κ1) is 26.5. The first-order chi connectivity index (χ1) is 20.4. The van der Waals surface area contributed by atoms with Gasteiger partial charge in [0.15, 0.2) is 11.5 Å². The van der Waals surface area contributed by atoms with E-state index >= 15 is 0 Å². The number of hydrogen-bond donors (Lipinski definition) is 1. The number of aromatic nitrogens is 2. The summed E-state index contributed by atoms with van der Waals surface area (Å²) < 4.78 is 32.2. The maximum Gasteiger partial charge on any atom is 0.261 e. The molecule has 1 N–H and O–H groups in total. The van der Waals surface area contributed by atoms with Crippen molar-refractivity contribution in [3.63, 3.8) is 0 Å². The quantitative estimate of drug-likeness (QED) is 0.232. The molecule has 2 heterocycles. The number of ether oxygens (including phenoxy) is 3. The molecule has 42 heavy (non-hydrogen) atoms. The number of fused-ring (bicyclic) bond motifs is 2. The van der Waals surface area contributed by atoms with Gasteiger partial charge in [-0.2, -0.15) is 0 Å². The second kappa shape index (κ2) is 11.1. The molecule has 4 aromatic carbocycles. The molecule has 0 unspecified atom stereocenters. The normalized spacial score (nSPS) is 10.9. The van der Waals surface area contributed by atoms with E-state index < -0.39 is 11.3 Å². The lowest BCUT2D eigenvalue weighted by atomic mass is 10.1. The van der Waals surface area contributed by atoms with Gasteiger partial charge >= 0.3 is 0 Å². The Hall–Kier alpha value is -5.70. The molecule has 0 atom stereocenters. The number of pyridine rings is 2. The summed E-state index contributed by atoms with van der Waals surface area (Å²) in [6, 6.07) is 24.9. The lowest BCUT2D eigenvalue weighted by molar-refractivity contribution is 0.102. The van der Waals surface area contributed by atoms with E-state index in [1.54, 1.807) is 104 Å². The van der Waals surface area contributed by atoms with E-state index in [9.17, 15) is 14.0 Å². The molecule has 0 radical (unpaired) electrons. The lowest BCUT2D eigenvalue weighted by Gasteiger charge is -2.14. The highest BCUT2D eigenvalue weighted by molar-refractivity contribution is 6.06. The van der Waals surface area contributed by atoms with Crippen LogP contribution in [0.15, 0.2) is 108 Å². The number of para-hydroxylation sites is 1. The first-order valence-electron chi connectivity index (χ1n) is 13.0. The van der Waals surface area contributed by atoms with E-state index in [-0.39, 0.29) is 11.4 Å². The van der Waals surface area contributed by atoms with Gasteiger partial charge in [-0.15, -0.1) is 0 Å². The average molecular weight is 562 g/mol. The summed E-state index contributed by atoms with van der Waals surface area (Å²) in [7, 11) is 3.12. The third-order valence-electron chi connectivity index (χ3n) is 6.81. The highest BCUT2D eigenvalue weighted by Gasteiger charge is 2.17. The molecule has 6 aromatic rings. The molecule has 6 rings (SSSR count). The molecule has 0 spiro atoms. The van der Waals surface area contributed by atoms with E-state index in [0.717, 1.165) is 5.39 Å². The topological polar surface area (TPSA) is 91.7 Å². The van der Waals surface area contributed by atoms with Crippen LogP contribution in [0, 0.1) is 5.82 Å². The Morgan fingerprint density at radius 1 is 0.833 bits per heavy atom. The smallest absolute Gasteiger partial charge is 0.261 e. The van der Waals surface area contributed by atoms with Crippen LogP contribution in [0.25, 0.3) is 27.5 Å². The van der Waals surface area contributed by atoms with E-state index in [2.05, 4.69) is 10.3 Å². The number of rotatable bonds is 7. The summed E-state index contributed by atoms with van der Waals surface area (Å²) in [6.45, 7) is 0. The van der Waals surface area contributed by atoms with Crippen LogP contribution < -0.4 is 25.0 Å². The van der Waals surface area contributed by atoms with Crippen LogP contribution >= 0.6 is 0 Å². The number of carbonyl (C=O) groups excluding carboxylic acids is 1. The second-order valence-electron chi connectivity index (χ2n) is 9.35. The fourth-order valence-corrected chi connectivity index (χ4v) is 4.72. The van der Waals surface area contributed by atoms with Gasteiger partial charge in [0, 0.05) is 40.6 Å². The van der Waals surface area contributed by atoms with Crippen LogP contribution in [0.4, 0.5) is 10.1 Å². The number of hydrogen-bond acceptors (Lipinski definition) is 6. The lowest BCUT2D eigenvalue weighted by Crippen LogP contribution is -2.23. The van der Waals surface area contributed by atoms with Crippen LogP contribution in [0.3, 0.4) is 0 Å². The van der Waals surface area contributed by atoms with Crippen molar-refractivity contribution in [1.82, 2.24) is 9.55 Å². The molecule has 208 valence electrons. The Labute approximate surface area is 239 Å². The zero-order valence-corrected chi connectivity index (χ0v) is 22.6. The van der Waals surface area contributed by atoms with Crippen LogP contribution in [0.1, 0.15) is 10.4 Å². The number of nitrogens with one attached hydrogen (secondary N) is 1. The summed E-state index contributed by atoms with van der Waals surface area (Å²) in [5.74, 6) is 1.25. The standard InChI is InChI=1S/C33H24FN3O5/c1-40-30-17-25-27(18-31(30)41-2)35-16-15-29(25)42-23-13-9-21(10-14-23)36-33(39)26-19-37(22-11-7-20(34)8-12-22)28-6-4-3-5-24(28)32(26)38/h3-19H,1-2H3,(H,36,39). The molecule has 0 aliphatic carbocycles. The molecule has 0 bridgehead atoms. The minimum absolute atomic E-state index is 0.0500. The number of benzene rings is 4. The van der Waals surface area contributed by atoms with E-state index in [0.29, 0.717) is 50.8 Å². The van der Waals surface area contributed by atoms with Crippen molar-refractivity contribution in [3.8, 4) is 28.7 Å². The second-order valence-corrected chi connectivity index (χ2v) is 9.35. The first-order valence-corrected chi connectivity index (χ1v) is 13.0. The van der Waals surface area contributed by atoms with Gasteiger partial charge in [-0.1, -0.05) is 12.1 Å². The van der Waals surface area contributed by atoms with Crippen LogP contribution in [-0.4, -0.2) is 29.7 Å². The summed E-state index contributed by atoms with van der Waals surface area (Å²) in [5.41, 5.74) is 1.91. The molecule has 2 aromatic heterocycles. The molecular weight excluding hydrogens is 537 g/mol. The number of nitrogens with zero attached hydrogens (tertiary/aromatic N) is 2. The van der Waals surface area contributed by atoms with Gasteiger partial charge in [0.25, 0.3) is 5.91 Å². The molecular formula is C33H24FN3O5. The highest BCUT2D eigenvalue weighted by Crippen LogP contribution is 2.37. The molecule has 0 saturated heterocycles. The van der Waals surface area contributed by atoms with Gasteiger partial charge in [-0.05, 0) is 72.8 Å². The van der Waals surface area contributed by atoms with Crippen LogP contribution in [0.5, 0.6) is 23.0 Å². The largest absolute Gasteiger partial charge is 0.493 e. The fourth-order valence-electron chi connectivity index (χ4n) is 4.72. The average Bonchev–Trinajstić information content (AvgIpc) is 3.02. The highest BCUT2D eigenvalue weighted by atomic mass is 19.1. The summed E-state index contributed by atoms with van der Waals surface area (Å²) in [5, 5.41) is 3.90. The Bertz CT molecular complexity index is 2000. The van der Waals surface area contributed by atoms with E-state index in [1.165, 1.54) is 18.3 Å². The van der Waals surface area contributed by atoms with Gasteiger partial charge < -0.3 is 24.1 Å². The van der Waals surface area contributed by atoms with Gasteiger partial charge in [0.05, 0.1) is 25.3 Å². The predicted octanol–water partition coefficient (Wildman–Crippen LogP) is 6.74. The minimum atomic E-state index is -0.573. The maximum absolute atomic E-state index is 13.6. The number of anilines is 1. The van der Waals surface area contributed by atoms with E-state index in [1.807, 2.05) is 0 Å². The summed E-state index contributed by atoms with van der Waals surface area (Å²) in [4.78, 5) is 31.0. The third-order valence-corrected chi connectivity index (χ3v) is 6.81. The number of methoxy groups -OCH3 is 2.